The Morgan fingerprint density at radius 3 is 2.59 bits per heavy atom. The number of carbonyl (C=O) groups is 3. The molecule has 1 aromatic rings. The van der Waals surface area contributed by atoms with Gasteiger partial charge in [-0.25, -0.2) is 0 Å². The molecule has 4 fully saturated rings. The number of esters is 1. The zero-order valence-corrected chi connectivity index (χ0v) is 23.8. The van der Waals surface area contributed by atoms with Crippen LogP contribution in [0.2, 0.25) is 0 Å². The smallest absolute Gasteiger partial charge is 0.313 e. The molecule has 0 radical (unpaired) electrons. The number of nitrogens with zero attached hydrogens (tertiary/aromatic N) is 3. The van der Waals surface area contributed by atoms with Crippen molar-refractivity contribution >= 4 is 17.8 Å². The molecule has 1 N–H and O–H groups in total. The summed E-state index contributed by atoms with van der Waals surface area (Å²) in [6.45, 7) is 13.2. The molecule has 0 aromatic heterocycles. The molecule has 222 valence electrons. The van der Waals surface area contributed by atoms with E-state index in [0.717, 1.165) is 13.1 Å². The van der Waals surface area contributed by atoms with E-state index in [0.29, 0.717) is 51.3 Å². The summed E-state index contributed by atoms with van der Waals surface area (Å²) in [5.41, 5.74) is -1.46. The van der Waals surface area contributed by atoms with Crippen LogP contribution in [0.3, 0.4) is 0 Å². The lowest BCUT2D eigenvalue weighted by molar-refractivity contribution is -0.161. The third-order valence-electron chi connectivity index (χ3n) is 9.19. The Hall–Kier alpha value is -3.05. The first-order valence-electron chi connectivity index (χ1n) is 14.5. The molecule has 10 nitrogen and oxygen atoms in total. The average Bonchev–Trinajstić information content (AvgIpc) is 3.56. The second-order valence-electron chi connectivity index (χ2n) is 11.5. The van der Waals surface area contributed by atoms with E-state index in [1.54, 1.807) is 11.0 Å². The maximum atomic E-state index is 14.6. The van der Waals surface area contributed by atoms with Gasteiger partial charge in [0, 0.05) is 32.7 Å². The SMILES string of the molecule is C=CCOC(=O)[C@@H]1[C@H]2C(=O)N([C@H](CO)c3ccccc3)C(C(=O)N(CC=C)CCN3CCOCC3)C23CC[C@@]1(C)O3. The van der Waals surface area contributed by atoms with E-state index in [4.69, 9.17) is 14.2 Å². The minimum absolute atomic E-state index is 0.0172. The van der Waals surface area contributed by atoms with Crippen molar-refractivity contribution in [3.05, 3.63) is 61.2 Å². The topological polar surface area (TPSA) is 109 Å². The summed E-state index contributed by atoms with van der Waals surface area (Å²) < 4.78 is 17.6. The Bertz CT molecular complexity index is 1160. The summed E-state index contributed by atoms with van der Waals surface area (Å²) in [6, 6.07) is 7.37. The third-order valence-corrected chi connectivity index (χ3v) is 9.19. The van der Waals surface area contributed by atoms with Gasteiger partial charge in [0.1, 0.15) is 24.2 Å². The van der Waals surface area contributed by atoms with Crippen molar-refractivity contribution in [1.29, 1.82) is 0 Å². The van der Waals surface area contributed by atoms with Crippen molar-refractivity contribution < 1.29 is 33.7 Å². The van der Waals surface area contributed by atoms with Crippen molar-refractivity contribution in [2.75, 3.05) is 59.2 Å². The molecule has 10 heteroatoms. The van der Waals surface area contributed by atoms with Gasteiger partial charge in [-0.15, -0.1) is 6.58 Å². The van der Waals surface area contributed by atoms with Crippen LogP contribution in [0.15, 0.2) is 55.6 Å². The summed E-state index contributed by atoms with van der Waals surface area (Å²) in [4.78, 5) is 48.0. The van der Waals surface area contributed by atoms with Gasteiger partial charge < -0.3 is 29.1 Å². The highest BCUT2D eigenvalue weighted by Crippen LogP contribution is 2.64. The number of morpholine rings is 1. The lowest BCUT2D eigenvalue weighted by Gasteiger charge is -2.40. The highest BCUT2D eigenvalue weighted by Gasteiger charge is 2.79. The van der Waals surface area contributed by atoms with Gasteiger partial charge in [-0.1, -0.05) is 49.1 Å². The normalized spacial score (nSPS) is 31.5. The van der Waals surface area contributed by atoms with Crippen LogP contribution >= 0.6 is 0 Å². The number of carbonyl (C=O) groups excluding carboxylic acids is 3. The lowest BCUT2D eigenvalue weighted by Crippen LogP contribution is -2.58. The minimum Gasteiger partial charge on any atom is -0.461 e. The van der Waals surface area contributed by atoms with Crippen LogP contribution in [0.1, 0.15) is 31.4 Å². The molecule has 4 saturated heterocycles. The Labute approximate surface area is 241 Å². The second kappa shape index (κ2) is 12.1. The number of hydrogen-bond acceptors (Lipinski definition) is 8. The molecule has 6 atom stereocenters. The summed E-state index contributed by atoms with van der Waals surface area (Å²) in [7, 11) is 0. The number of ether oxygens (including phenoxy) is 3. The third kappa shape index (κ3) is 5.11. The van der Waals surface area contributed by atoms with Crippen molar-refractivity contribution in [3.63, 3.8) is 0 Å². The molecule has 1 aromatic carbocycles. The fourth-order valence-corrected chi connectivity index (χ4v) is 7.30. The molecule has 5 rings (SSSR count). The zero-order chi connectivity index (χ0) is 29.2. The minimum atomic E-state index is -1.22. The number of hydrogen-bond donors (Lipinski definition) is 1. The Morgan fingerprint density at radius 2 is 1.93 bits per heavy atom. The highest BCUT2D eigenvalue weighted by molar-refractivity contribution is 5.98. The molecule has 2 amide bonds. The van der Waals surface area contributed by atoms with Crippen molar-refractivity contribution in [2.45, 2.75) is 43.1 Å². The Morgan fingerprint density at radius 1 is 1.20 bits per heavy atom. The predicted octanol–water partition coefficient (Wildman–Crippen LogP) is 1.56. The molecule has 2 bridgehead atoms. The van der Waals surface area contributed by atoms with Crippen LogP contribution < -0.4 is 0 Å². The maximum absolute atomic E-state index is 14.6. The number of fused-ring (bicyclic) bond motifs is 1. The molecular weight excluding hydrogens is 526 g/mol. The zero-order valence-electron chi connectivity index (χ0n) is 23.8. The van der Waals surface area contributed by atoms with Gasteiger partial charge in [-0.2, -0.15) is 0 Å². The predicted molar refractivity (Wildman–Crippen MR) is 151 cm³/mol. The molecule has 2 unspecified atom stereocenters. The monoisotopic (exact) mass is 567 g/mol. The van der Waals surface area contributed by atoms with Crippen LogP contribution in [0.4, 0.5) is 0 Å². The quantitative estimate of drug-likeness (QED) is 0.300. The van der Waals surface area contributed by atoms with Gasteiger partial charge in [0.15, 0.2) is 0 Å². The molecule has 1 spiro atoms. The summed E-state index contributed by atoms with van der Waals surface area (Å²) in [6.07, 6.45) is 4.11. The van der Waals surface area contributed by atoms with Crippen LogP contribution in [-0.4, -0.2) is 114 Å². The number of rotatable bonds is 12. The summed E-state index contributed by atoms with van der Waals surface area (Å²) in [5.74, 6) is -2.96. The first-order chi connectivity index (χ1) is 19.8. The van der Waals surface area contributed by atoms with Gasteiger partial charge in [0.05, 0.1) is 37.4 Å². The molecule has 4 heterocycles. The fourth-order valence-electron chi connectivity index (χ4n) is 7.30. The first-order valence-corrected chi connectivity index (χ1v) is 14.5. The maximum Gasteiger partial charge on any atom is 0.313 e. The van der Waals surface area contributed by atoms with Gasteiger partial charge in [-0.3, -0.25) is 19.3 Å². The van der Waals surface area contributed by atoms with Gasteiger partial charge >= 0.3 is 5.97 Å². The van der Waals surface area contributed by atoms with Gasteiger partial charge in [0.25, 0.3) is 0 Å². The molecule has 4 aliphatic rings. The fraction of sp³-hybridized carbons (Fsp3) is 0.581. The van der Waals surface area contributed by atoms with Crippen LogP contribution in [0.5, 0.6) is 0 Å². The van der Waals surface area contributed by atoms with Crippen LogP contribution in [-0.2, 0) is 28.6 Å². The van der Waals surface area contributed by atoms with Gasteiger partial charge in [0.2, 0.25) is 11.8 Å². The molecule has 0 saturated carbocycles. The molecule has 41 heavy (non-hydrogen) atoms. The van der Waals surface area contributed by atoms with E-state index < -0.39 is 41.1 Å². The van der Waals surface area contributed by atoms with Crippen molar-refractivity contribution in [3.8, 4) is 0 Å². The Balaban J connectivity index is 1.54. The van der Waals surface area contributed by atoms with Crippen LogP contribution in [0, 0.1) is 11.8 Å². The largest absolute Gasteiger partial charge is 0.461 e. The van der Waals surface area contributed by atoms with E-state index in [1.807, 2.05) is 37.3 Å². The second-order valence-corrected chi connectivity index (χ2v) is 11.5. The molecule has 0 aliphatic carbocycles. The van der Waals surface area contributed by atoms with Crippen molar-refractivity contribution in [1.82, 2.24) is 14.7 Å². The number of aliphatic hydroxyl groups excluding tert-OH is 1. The number of benzene rings is 1. The number of aliphatic hydroxyl groups is 1. The summed E-state index contributed by atoms with van der Waals surface area (Å²) >= 11 is 0. The summed E-state index contributed by atoms with van der Waals surface area (Å²) in [5, 5.41) is 10.6. The molecule has 4 aliphatic heterocycles. The average molecular weight is 568 g/mol. The van der Waals surface area contributed by atoms with E-state index in [-0.39, 0.29) is 25.0 Å². The number of likely N-dealkylation sites (tertiary alicyclic amines) is 1. The standard InChI is InChI=1S/C31H41N3O7/c1-4-13-33(15-14-32-16-19-39-20-17-32)28(37)26-31-12-11-30(3,41-31)25(29(38)40-18-5-2)24(31)27(36)34(26)23(21-35)22-9-7-6-8-10-22/h4-10,23-26,35H,1-2,11-21H2,3H3/t23-,24+,25+,26?,30-,31?/m1/s1. The lowest BCUT2D eigenvalue weighted by atomic mass is 9.66. The van der Waals surface area contributed by atoms with E-state index in [1.165, 1.54) is 11.0 Å². The first kappa shape index (κ1) is 29.4. The van der Waals surface area contributed by atoms with Gasteiger partial charge in [-0.05, 0) is 25.3 Å². The van der Waals surface area contributed by atoms with E-state index >= 15 is 0 Å². The number of amides is 2. The van der Waals surface area contributed by atoms with E-state index in [2.05, 4.69) is 18.1 Å². The van der Waals surface area contributed by atoms with E-state index in [9.17, 15) is 19.5 Å². The van der Waals surface area contributed by atoms with Crippen molar-refractivity contribution in [2.24, 2.45) is 11.8 Å². The molecular formula is C31H41N3O7. The highest BCUT2D eigenvalue weighted by atomic mass is 16.6. The van der Waals surface area contributed by atoms with Crippen LogP contribution in [0.25, 0.3) is 0 Å². The Kier molecular flexibility index (Phi) is 8.65.